The molecule has 0 bridgehead atoms. The second-order valence-electron chi connectivity index (χ2n) is 7.83. The van der Waals surface area contributed by atoms with Gasteiger partial charge in [-0.3, -0.25) is 15.3 Å². The van der Waals surface area contributed by atoms with Crippen LogP contribution in [0.4, 0.5) is 4.39 Å². The van der Waals surface area contributed by atoms with Crippen LogP contribution in [-0.4, -0.2) is 26.9 Å². The zero-order chi connectivity index (χ0) is 22.7. The van der Waals surface area contributed by atoms with Crippen molar-refractivity contribution in [2.24, 2.45) is 0 Å². The van der Waals surface area contributed by atoms with Gasteiger partial charge in [-0.1, -0.05) is 49.0 Å². The van der Waals surface area contributed by atoms with Crippen molar-refractivity contribution in [2.75, 3.05) is 7.05 Å². The van der Waals surface area contributed by atoms with Crippen LogP contribution in [0.25, 0.3) is 16.6 Å². The summed E-state index contributed by atoms with van der Waals surface area (Å²) >= 11 is 0. The van der Waals surface area contributed by atoms with Gasteiger partial charge in [0.2, 0.25) is 0 Å². The van der Waals surface area contributed by atoms with E-state index in [9.17, 15) is 9.60 Å². The van der Waals surface area contributed by atoms with Crippen LogP contribution in [0.15, 0.2) is 79.6 Å². The number of hydrogen-bond donors (Lipinski definition) is 1. The largest absolute Gasteiger partial charge is 0.369 e. The molecule has 0 aliphatic carbocycles. The maximum atomic E-state index is 13.3. The molecule has 164 valence electrons. The number of rotatable bonds is 8. The third kappa shape index (κ3) is 4.72. The molecule has 1 atom stereocenters. The Bertz CT molecular complexity index is 1220. The van der Waals surface area contributed by atoms with Crippen molar-refractivity contribution in [1.82, 2.24) is 14.6 Å². The number of nitrogens with zero attached hydrogens (tertiary/aromatic N) is 3. The summed E-state index contributed by atoms with van der Waals surface area (Å²) in [5, 5.41) is 11.7. The van der Waals surface area contributed by atoms with E-state index < -0.39 is 0 Å². The van der Waals surface area contributed by atoms with Crippen LogP contribution in [0.2, 0.25) is 0 Å². The average molecular weight is 432 g/mol. The van der Waals surface area contributed by atoms with E-state index in [-0.39, 0.29) is 11.9 Å². The van der Waals surface area contributed by atoms with E-state index in [2.05, 4.69) is 16.1 Å². The number of hydrogen-bond acceptors (Lipinski definition) is 4. The predicted octanol–water partition coefficient (Wildman–Crippen LogP) is 5.79. The van der Waals surface area contributed by atoms with Crippen LogP contribution in [0.3, 0.4) is 0 Å². The molecule has 6 heteroatoms. The number of aromatic nitrogens is 2. The quantitative estimate of drug-likeness (QED) is 0.359. The van der Waals surface area contributed by atoms with E-state index in [4.69, 9.17) is 4.74 Å². The molecule has 0 saturated heterocycles. The molecule has 32 heavy (non-hydrogen) atoms. The SMILES string of the molecule is C=C(c1cc2c(COC(C)c3ccccc3)cn(Cc3ccc(F)cc3)c2cn1)N(C)O. The standard InChI is InChI=1S/C26H26FN3O2/c1-18(29(3)31)25-13-24-22(17-32-19(2)21-7-5-4-6-8-21)16-30(26(24)14-28-25)15-20-9-11-23(27)12-10-20/h4-14,16,19,31H,1,15,17H2,2-3H3. The third-order valence-corrected chi connectivity index (χ3v) is 5.56. The minimum atomic E-state index is -0.256. The first-order valence-corrected chi connectivity index (χ1v) is 10.4. The third-order valence-electron chi connectivity index (χ3n) is 5.56. The molecular formula is C26H26FN3O2. The molecule has 0 amide bonds. The molecule has 4 rings (SSSR count). The summed E-state index contributed by atoms with van der Waals surface area (Å²) in [4.78, 5) is 4.48. The second kappa shape index (κ2) is 9.34. The lowest BCUT2D eigenvalue weighted by Crippen LogP contribution is -2.10. The summed E-state index contributed by atoms with van der Waals surface area (Å²) in [5.41, 5.74) is 5.01. The minimum Gasteiger partial charge on any atom is -0.369 e. The summed E-state index contributed by atoms with van der Waals surface area (Å²) in [6.45, 7) is 6.91. The number of pyridine rings is 1. The highest BCUT2D eigenvalue weighted by molar-refractivity contribution is 5.85. The molecular weight excluding hydrogens is 405 g/mol. The number of ether oxygens (including phenoxy) is 1. The van der Waals surface area contributed by atoms with Crippen LogP contribution >= 0.6 is 0 Å². The molecule has 5 nitrogen and oxygen atoms in total. The Morgan fingerprint density at radius 2 is 1.91 bits per heavy atom. The van der Waals surface area contributed by atoms with Crippen molar-refractivity contribution in [3.05, 3.63) is 108 Å². The Morgan fingerprint density at radius 3 is 2.59 bits per heavy atom. The maximum Gasteiger partial charge on any atom is 0.123 e. The fourth-order valence-corrected chi connectivity index (χ4v) is 3.65. The smallest absolute Gasteiger partial charge is 0.123 e. The van der Waals surface area contributed by atoms with E-state index >= 15 is 0 Å². The van der Waals surface area contributed by atoms with Crippen molar-refractivity contribution in [3.63, 3.8) is 0 Å². The van der Waals surface area contributed by atoms with Crippen LogP contribution < -0.4 is 0 Å². The molecule has 0 aliphatic heterocycles. The van der Waals surface area contributed by atoms with Crippen molar-refractivity contribution < 1.29 is 14.3 Å². The topological polar surface area (TPSA) is 50.5 Å². The van der Waals surface area contributed by atoms with Crippen LogP contribution in [0.5, 0.6) is 0 Å². The van der Waals surface area contributed by atoms with Gasteiger partial charge in [0, 0.05) is 30.7 Å². The Morgan fingerprint density at radius 1 is 1.19 bits per heavy atom. The lowest BCUT2D eigenvalue weighted by Gasteiger charge is -2.14. The highest BCUT2D eigenvalue weighted by Gasteiger charge is 2.15. The molecule has 4 aromatic rings. The molecule has 2 aromatic heterocycles. The van der Waals surface area contributed by atoms with Gasteiger partial charge in [0.1, 0.15) is 5.82 Å². The zero-order valence-electron chi connectivity index (χ0n) is 18.2. The van der Waals surface area contributed by atoms with Crippen LogP contribution in [-0.2, 0) is 17.9 Å². The highest BCUT2D eigenvalue weighted by atomic mass is 19.1. The summed E-state index contributed by atoms with van der Waals surface area (Å²) in [5.74, 6) is -0.256. The van der Waals surface area contributed by atoms with Crippen LogP contribution in [0, 0.1) is 5.82 Å². The Balaban J connectivity index is 1.67. The van der Waals surface area contributed by atoms with E-state index in [1.807, 2.05) is 49.5 Å². The summed E-state index contributed by atoms with van der Waals surface area (Å²) in [7, 11) is 1.51. The molecule has 1 N–H and O–H groups in total. The van der Waals surface area contributed by atoms with Gasteiger partial charge in [-0.05, 0) is 36.2 Å². The fourth-order valence-electron chi connectivity index (χ4n) is 3.65. The van der Waals surface area contributed by atoms with Gasteiger partial charge in [0.15, 0.2) is 0 Å². The normalized spacial score (nSPS) is 12.1. The van der Waals surface area contributed by atoms with Crippen LogP contribution in [0.1, 0.15) is 35.4 Å². The van der Waals surface area contributed by atoms with Gasteiger partial charge in [-0.2, -0.15) is 0 Å². The lowest BCUT2D eigenvalue weighted by molar-refractivity contribution is 0.000771. The molecule has 2 heterocycles. The van der Waals surface area contributed by atoms with Gasteiger partial charge in [0.25, 0.3) is 0 Å². The van der Waals surface area contributed by atoms with E-state index in [1.54, 1.807) is 18.3 Å². The van der Waals surface area contributed by atoms with Gasteiger partial charge in [0.05, 0.1) is 35.8 Å². The molecule has 0 spiro atoms. The van der Waals surface area contributed by atoms with Crippen molar-refractivity contribution >= 4 is 16.6 Å². The lowest BCUT2D eigenvalue weighted by atomic mass is 10.1. The molecule has 0 saturated carbocycles. The molecule has 0 aliphatic rings. The molecule has 0 fully saturated rings. The Hall–Kier alpha value is -3.48. The van der Waals surface area contributed by atoms with Gasteiger partial charge >= 0.3 is 0 Å². The van der Waals surface area contributed by atoms with E-state index in [0.29, 0.717) is 24.5 Å². The van der Waals surface area contributed by atoms with Crippen molar-refractivity contribution in [3.8, 4) is 0 Å². The monoisotopic (exact) mass is 431 g/mol. The number of benzene rings is 2. The number of fused-ring (bicyclic) bond motifs is 1. The Kier molecular flexibility index (Phi) is 6.35. The van der Waals surface area contributed by atoms with Gasteiger partial charge in [-0.15, -0.1) is 0 Å². The summed E-state index contributed by atoms with van der Waals surface area (Å²) in [6.07, 6.45) is 3.75. The average Bonchev–Trinajstić information content (AvgIpc) is 3.15. The highest BCUT2D eigenvalue weighted by Crippen LogP contribution is 2.27. The van der Waals surface area contributed by atoms with Crippen molar-refractivity contribution in [1.29, 1.82) is 0 Å². The number of halogens is 1. The molecule has 2 aromatic carbocycles. The first-order chi connectivity index (χ1) is 15.4. The molecule has 1 unspecified atom stereocenters. The predicted molar refractivity (Wildman–Crippen MR) is 123 cm³/mol. The van der Waals surface area contributed by atoms with E-state index in [0.717, 1.165) is 32.7 Å². The van der Waals surface area contributed by atoms with Crippen molar-refractivity contribution in [2.45, 2.75) is 26.2 Å². The summed E-state index contributed by atoms with van der Waals surface area (Å²) in [6, 6.07) is 18.5. The second-order valence-corrected chi connectivity index (χ2v) is 7.83. The summed E-state index contributed by atoms with van der Waals surface area (Å²) < 4.78 is 21.6. The maximum absolute atomic E-state index is 13.3. The Labute approximate surface area is 187 Å². The zero-order valence-corrected chi connectivity index (χ0v) is 18.2. The first-order valence-electron chi connectivity index (χ1n) is 10.4. The first kappa shape index (κ1) is 21.7. The van der Waals surface area contributed by atoms with Gasteiger partial charge in [-0.25, -0.2) is 4.39 Å². The van der Waals surface area contributed by atoms with Gasteiger partial charge < -0.3 is 9.30 Å². The fraction of sp³-hybridized carbons (Fsp3) is 0.192. The minimum absolute atomic E-state index is 0.0634. The molecule has 0 radical (unpaired) electrons. The number of hydroxylamine groups is 2. The van der Waals surface area contributed by atoms with E-state index in [1.165, 1.54) is 19.2 Å².